The molecule has 0 heterocycles. The van der Waals surface area contributed by atoms with E-state index in [1.165, 1.54) is 37.2 Å². The van der Waals surface area contributed by atoms with Crippen molar-refractivity contribution in [3.8, 4) is 0 Å². The summed E-state index contributed by atoms with van der Waals surface area (Å²) >= 11 is 1.99. The molecule has 84 valence electrons. The predicted octanol–water partition coefficient (Wildman–Crippen LogP) is 2.27. The Labute approximate surface area is 92.0 Å². The fourth-order valence-corrected chi connectivity index (χ4v) is 2.64. The smallest absolute Gasteiger partial charge is 0.0615 e. The molecular formula is C11H23NOS. The fourth-order valence-electron chi connectivity index (χ4n) is 2.03. The average molecular weight is 217 g/mol. The van der Waals surface area contributed by atoms with Crippen molar-refractivity contribution in [2.24, 2.45) is 11.7 Å². The van der Waals surface area contributed by atoms with E-state index in [1.54, 1.807) is 0 Å². The lowest BCUT2D eigenvalue weighted by Crippen LogP contribution is -2.25. The minimum Gasteiger partial charge on any atom is -0.378 e. The Morgan fingerprint density at radius 3 is 3.00 bits per heavy atom. The zero-order valence-corrected chi connectivity index (χ0v) is 10.0. The molecule has 1 aliphatic carbocycles. The summed E-state index contributed by atoms with van der Waals surface area (Å²) in [4.78, 5) is 0. The van der Waals surface area contributed by atoms with Gasteiger partial charge in [0.25, 0.3) is 0 Å². The van der Waals surface area contributed by atoms with Gasteiger partial charge < -0.3 is 10.5 Å². The lowest BCUT2D eigenvalue weighted by Gasteiger charge is -2.18. The SMILES string of the molecule is CCSCCCOC1CCCC1CN. The Morgan fingerprint density at radius 2 is 2.29 bits per heavy atom. The molecule has 0 aromatic carbocycles. The Balaban J connectivity index is 2.00. The maximum atomic E-state index is 5.86. The first kappa shape index (κ1) is 12.3. The van der Waals surface area contributed by atoms with E-state index in [9.17, 15) is 0 Å². The van der Waals surface area contributed by atoms with Crippen LogP contribution in [0, 0.1) is 5.92 Å². The van der Waals surface area contributed by atoms with E-state index in [4.69, 9.17) is 10.5 Å². The number of nitrogens with two attached hydrogens (primary N) is 1. The molecule has 14 heavy (non-hydrogen) atoms. The number of thioether (sulfide) groups is 1. The van der Waals surface area contributed by atoms with Gasteiger partial charge in [-0.05, 0) is 43.2 Å². The highest BCUT2D eigenvalue weighted by molar-refractivity contribution is 7.99. The molecule has 0 aromatic heterocycles. The van der Waals surface area contributed by atoms with Gasteiger partial charge in [0.05, 0.1) is 6.10 Å². The van der Waals surface area contributed by atoms with Crippen LogP contribution >= 0.6 is 11.8 Å². The highest BCUT2D eigenvalue weighted by Gasteiger charge is 2.26. The van der Waals surface area contributed by atoms with Crippen LogP contribution < -0.4 is 5.73 Å². The van der Waals surface area contributed by atoms with Crippen molar-refractivity contribution in [1.29, 1.82) is 0 Å². The van der Waals surface area contributed by atoms with Gasteiger partial charge in [0.2, 0.25) is 0 Å². The normalized spacial score (nSPS) is 27.0. The second-order valence-electron chi connectivity index (χ2n) is 3.89. The lowest BCUT2D eigenvalue weighted by atomic mass is 10.1. The summed E-state index contributed by atoms with van der Waals surface area (Å²) in [6.07, 6.45) is 5.45. The van der Waals surface area contributed by atoms with Crippen LogP contribution in [0.2, 0.25) is 0 Å². The molecular weight excluding hydrogens is 194 g/mol. The molecule has 2 nitrogen and oxygen atoms in total. The molecule has 0 aliphatic heterocycles. The lowest BCUT2D eigenvalue weighted by molar-refractivity contribution is 0.0310. The van der Waals surface area contributed by atoms with Crippen LogP contribution in [0.15, 0.2) is 0 Å². The molecule has 2 atom stereocenters. The summed E-state index contributed by atoms with van der Waals surface area (Å²) in [5.74, 6) is 3.08. The van der Waals surface area contributed by atoms with E-state index in [2.05, 4.69) is 6.92 Å². The number of hydrogen-bond donors (Lipinski definition) is 1. The Bertz CT molecular complexity index is 143. The van der Waals surface area contributed by atoms with Crippen molar-refractivity contribution in [3.05, 3.63) is 0 Å². The third-order valence-electron chi connectivity index (χ3n) is 2.86. The van der Waals surface area contributed by atoms with Gasteiger partial charge >= 0.3 is 0 Å². The maximum Gasteiger partial charge on any atom is 0.0615 e. The second-order valence-corrected chi connectivity index (χ2v) is 5.28. The second kappa shape index (κ2) is 7.55. The molecule has 1 saturated carbocycles. The molecule has 1 aliphatic rings. The standard InChI is InChI=1S/C11H23NOS/c1-2-14-8-4-7-13-11-6-3-5-10(11)9-12/h10-11H,2-9,12H2,1H3. The van der Waals surface area contributed by atoms with Crippen LogP contribution in [-0.4, -0.2) is 30.8 Å². The molecule has 0 aromatic rings. The quantitative estimate of drug-likeness (QED) is 0.664. The summed E-state index contributed by atoms with van der Waals surface area (Å²) in [6, 6.07) is 0. The highest BCUT2D eigenvalue weighted by Crippen LogP contribution is 2.27. The van der Waals surface area contributed by atoms with Gasteiger partial charge in [-0.2, -0.15) is 11.8 Å². The van der Waals surface area contributed by atoms with Crippen LogP contribution in [-0.2, 0) is 4.74 Å². The summed E-state index contributed by atoms with van der Waals surface area (Å²) < 4.78 is 5.86. The summed E-state index contributed by atoms with van der Waals surface area (Å²) in [5.41, 5.74) is 5.69. The van der Waals surface area contributed by atoms with Crippen molar-refractivity contribution in [2.75, 3.05) is 24.7 Å². The minimum atomic E-state index is 0.464. The van der Waals surface area contributed by atoms with Crippen LogP contribution in [0.3, 0.4) is 0 Å². The average Bonchev–Trinajstić information content (AvgIpc) is 2.65. The number of hydrogen-bond acceptors (Lipinski definition) is 3. The molecule has 2 N–H and O–H groups in total. The third-order valence-corrected chi connectivity index (χ3v) is 3.85. The van der Waals surface area contributed by atoms with Gasteiger partial charge in [-0.15, -0.1) is 0 Å². The van der Waals surface area contributed by atoms with Crippen LogP contribution in [0.4, 0.5) is 0 Å². The molecule has 0 saturated heterocycles. The first-order valence-corrected chi connectivity index (χ1v) is 6.93. The first-order chi connectivity index (χ1) is 6.88. The van der Waals surface area contributed by atoms with E-state index >= 15 is 0 Å². The number of rotatable bonds is 7. The Morgan fingerprint density at radius 1 is 1.43 bits per heavy atom. The van der Waals surface area contributed by atoms with Crippen LogP contribution in [0.5, 0.6) is 0 Å². The van der Waals surface area contributed by atoms with Gasteiger partial charge in [-0.3, -0.25) is 0 Å². The highest BCUT2D eigenvalue weighted by atomic mass is 32.2. The molecule has 0 amide bonds. The first-order valence-electron chi connectivity index (χ1n) is 5.78. The van der Waals surface area contributed by atoms with E-state index in [1.807, 2.05) is 11.8 Å². The van der Waals surface area contributed by atoms with E-state index < -0.39 is 0 Å². The monoisotopic (exact) mass is 217 g/mol. The molecule has 3 heteroatoms. The van der Waals surface area contributed by atoms with E-state index in [0.717, 1.165) is 13.2 Å². The van der Waals surface area contributed by atoms with Crippen LogP contribution in [0.1, 0.15) is 32.6 Å². The van der Waals surface area contributed by atoms with Crippen LogP contribution in [0.25, 0.3) is 0 Å². The minimum absolute atomic E-state index is 0.464. The van der Waals surface area contributed by atoms with Crippen molar-refractivity contribution in [1.82, 2.24) is 0 Å². The van der Waals surface area contributed by atoms with Crippen molar-refractivity contribution in [3.63, 3.8) is 0 Å². The molecule has 0 radical (unpaired) electrons. The van der Waals surface area contributed by atoms with Crippen molar-refractivity contribution in [2.45, 2.75) is 38.7 Å². The van der Waals surface area contributed by atoms with Gasteiger partial charge in [0.1, 0.15) is 0 Å². The summed E-state index contributed by atoms with van der Waals surface area (Å²) in [7, 11) is 0. The van der Waals surface area contributed by atoms with Crippen molar-refractivity contribution >= 4 is 11.8 Å². The van der Waals surface area contributed by atoms with Crippen molar-refractivity contribution < 1.29 is 4.74 Å². The Hall–Kier alpha value is 0.270. The maximum absolute atomic E-state index is 5.86. The molecule has 0 spiro atoms. The predicted molar refractivity (Wildman–Crippen MR) is 63.8 cm³/mol. The van der Waals surface area contributed by atoms with Gasteiger partial charge in [0.15, 0.2) is 0 Å². The topological polar surface area (TPSA) is 35.2 Å². The summed E-state index contributed by atoms with van der Waals surface area (Å²) in [5, 5.41) is 0. The zero-order valence-electron chi connectivity index (χ0n) is 9.21. The third kappa shape index (κ3) is 4.20. The van der Waals surface area contributed by atoms with Gasteiger partial charge in [0, 0.05) is 6.61 Å². The molecule has 2 unspecified atom stereocenters. The fraction of sp³-hybridized carbons (Fsp3) is 1.00. The van der Waals surface area contributed by atoms with Gasteiger partial charge in [-0.25, -0.2) is 0 Å². The number of ether oxygens (including phenoxy) is 1. The van der Waals surface area contributed by atoms with Gasteiger partial charge in [-0.1, -0.05) is 13.3 Å². The molecule has 0 bridgehead atoms. The summed E-state index contributed by atoms with van der Waals surface area (Å²) in [6.45, 7) is 3.93. The zero-order chi connectivity index (χ0) is 10.2. The molecule has 1 rings (SSSR count). The Kier molecular flexibility index (Phi) is 6.65. The largest absolute Gasteiger partial charge is 0.378 e. The van der Waals surface area contributed by atoms with E-state index in [0.29, 0.717) is 12.0 Å². The van der Waals surface area contributed by atoms with E-state index in [-0.39, 0.29) is 0 Å². The molecule has 1 fully saturated rings.